The molecule has 0 aliphatic rings. The number of rotatable bonds is 3. The minimum atomic E-state index is -0.197. The Hall–Kier alpha value is -2.34. The molecule has 1 amide bonds. The molecule has 0 atom stereocenters. The Kier molecular flexibility index (Phi) is 2.92. The molecule has 96 valence electrons. The van der Waals surface area contributed by atoms with Crippen molar-refractivity contribution < 1.29 is 4.79 Å². The van der Waals surface area contributed by atoms with Gasteiger partial charge in [-0.2, -0.15) is 5.10 Å². The number of aromatic amines is 1. The topological polar surface area (TPSA) is 75.1 Å². The standard InChI is InChI=1S/C12H10ClN5O/c13-9-1-2-18-7-15-10(11(18)3-9)6-14-12(19)8-4-16-17-5-8/h1-5,7H,6H2,(H,14,19)(H,16,17). The number of halogens is 1. The van der Waals surface area contributed by atoms with Gasteiger partial charge in [0, 0.05) is 17.4 Å². The zero-order valence-corrected chi connectivity index (χ0v) is 10.6. The van der Waals surface area contributed by atoms with Gasteiger partial charge < -0.3 is 9.72 Å². The van der Waals surface area contributed by atoms with E-state index in [4.69, 9.17) is 11.6 Å². The van der Waals surface area contributed by atoms with E-state index in [2.05, 4.69) is 20.5 Å². The van der Waals surface area contributed by atoms with E-state index >= 15 is 0 Å². The molecule has 0 aliphatic heterocycles. The molecule has 6 nitrogen and oxygen atoms in total. The van der Waals surface area contributed by atoms with Gasteiger partial charge in [0.15, 0.2) is 0 Å². The number of amides is 1. The maximum atomic E-state index is 11.8. The number of imidazole rings is 1. The van der Waals surface area contributed by atoms with Gasteiger partial charge in [0.05, 0.1) is 35.8 Å². The fourth-order valence-electron chi connectivity index (χ4n) is 1.79. The van der Waals surface area contributed by atoms with Crippen LogP contribution >= 0.6 is 11.6 Å². The predicted molar refractivity (Wildman–Crippen MR) is 70.0 cm³/mol. The predicted octanol–water partition coefficient (Wildman–Crippen LogP) is 1.64. The fraction of sp³-hybridized carbons (Fsp3) is 0.0833. The third kappa shape index (κ3) is 2.30. The summed E-state index contributed by atoms with van der Waals surface area (Å²) in [6.45, 7) is 0.334. The second kappa shape index (κ2) is 4.74. The van der Waals surface area contributed by atoms with E-state index in [9.17, 15) is 4.79 Å². The number of nitrogens with one attached hydrogen (secondary N) is 2. The van der Waals surface area contributed by atoms with E-state index in [1.807, 2.05) is 16.7 Å². The molecule has 3 rings (SSSR count). The van der Waals surface area contributed by atoms with Gasteiger partial charge in [0.25, 0.3) is 5.91 Å². The van der Waals surface area contributed by atoms with Gasteiger partial charge in [0.2, 0.25) is 0 Å². The van der Waals surface area contributed by atoms with Gasteiger partial charge in [-0.3, -0.25) is 9.89 Å². The van der Waals surface area contributed by atoms with E-state index in [0.717, 1.165) is 11.2 Å². The van der Waals surface area contributed by atoms with Crippen LogP contribution in [0.1, 0.15) is 16.1 Å². The monoisotopic (exact) mass is 275 g/mol. The first kappa shape index (κ1) is 11.7. The van der Waals surface area contributed by atoms with Crippen LogP contribution in [-0.4, -0.2) is 25.5 Å². The number of fused-ring (bicyclic) bond motifs is 1. The summed E-state index contributed by atoms with van der Waals surface area (Å²) in [5, 5.41) is 9.74. The molecular weight excluding hydrogens is 266 g/mol. The van der Waals surface area contributed by atoms with Gasteiger partial charge in [0.1, 0.15) is 0 Å². The summed E-state index contributed by atoms with van der Waals surface area (Å²) in [6, 6.07) is 3.60. The van der Waals surface area contributed by atoms with E-state index in [0.29, 0.717) is 17.1 Å². The summed E-state index contributed by atoms with van der Waals surface area (Å²) in [5.41, 5.74) is 2.13. The maximum absolute atomic E-state index is 11.8. The highest BCUT2D eigenvalue weighted by molar-refractivity contribution is 6.30. The average Bonchev–Trinajstić information content (AvgIpc) is 3.05. The first-order valence-electron chi connectivity index (χ1n) is 5.62. The number of pyridine rings is 1. The van der Waals surface area contributed by atoms with Crippen LogP contribution in [0, 0.1) is 0 Å². The Bertz CT molecular complexity index is 719. The van der Waals surface area contributed by atoms with Crippen molar-refractivity contribution in [3.05, 3.63) is 53.3 Å². The molecule has 0 radical (unpaired) electrons. The molecule has 0 saturated heterocycles. The van der Waals surface area contributed by atoms with Crippen molar-refractivity contribution in [2.45, 2.75) is 6.54 Å². The molecule has 0 bridgehead atoms. The highest BCUT2D eigenvalue weighted by Crippen LogP contribution is 2.15. The molecule has 3 heterocycles. The Balaban J connectivity index is 1.79. The number of hydrogen-bond acceptors (Lipinski definition) is 3. The molecule has 0 unspecified atom stereocenters. The average molecular weight is 276 g/mol. The molecule has 3 aromatic rings. The second-order valence-corrected chi connectivity index (χ2v) is 4.43. The molecule has 0 saturated carbocycles. The van der Waals surface area contributed by atoms with Crippen LogP contribution in [0.15, 0.2) is 37.1 Å². The van der Waals surface area contributed by atoms with Crippen LogP contribution in [-0.2, 0) is 6.54 Å². The van der Waals surface area contributed by atoms with Crippen LogP contribution in [0.5, 0.6) is 0 Å². The van der Waals surface area contributed by atoms with Crippen LogP contribution < -0.4 is 5.32 Å². The van der Waals surface area contributed by atoms with Crippen molar-refractivity contribution in [2.75, 3.05) is 0 Å². The Morgan fingerprint density at radius 3 is 3.21 bits per heavy atom. The van der Waals surface area contributed by atoms with E-state index in [-0.39, 0.29) is 5.91 Å². The number of H-pyrrole nitrogens is 1. The molecule has 3 aromatic heterocycles. The SMILES string of the molecule is O=C(NCc1ncn2ccc(Cl)cc12)c1cn[nH]c1. The van der Waals surface area contributed by atoms with Gasteiger partial charge in [-0.25, -0.2) is 4.98 Å². The number of carbonyl (C=O) groups is 1. The minimum absolute atomic E-state index is 0.197. The first-order valence-corrected chi connectivity index (χ1v) is 6.00. The van der Waals surface area contributed by atoms with Crippen LogP contribution in [0.3, 0.4) is 0 Å². The summed E-state index contributed by atoms with van der Waals surface area (Å²) in [7, 11) is 0. The molecule has 2 N–H and O–H groups in total. The second-order valence-electron chi connectivity index (χ2n) is 4.00. The summed E-state index contributed by atoms with van der Waals surface area (Å²) < 4.78 is 1.85. The molecular formula is C12H10ClN5O. The van der Waals surface area contributed by atoms with Crippen LogP contribution in [0.4, 0.5) is 0 Å². The van der Waals surface area contributed by atoms with Crippen molar-refractivity contribution in [1.82, 2.24) is 24.9 Å². The van der Waals surface area contributed by atoms with Crippen LogP contribution in [0.2, 0.25) is 5.02 Å². The third-order valence-electron chi connectivity index (χ3n) is 2.76. The maximum Gasteiger partial charge on any atom is 0.254 e. The van der Waals surface area contributed by atoms with Crippen molar-refractivity contribution in [2.24, 2.45) is 0 Å². The molecule has 7 heteroatoms. The van der Waals surface area contributed by atoms with E-state index in [1.165, 1.54) is 12.4 Å². The van der Waals surface area contributed by atoms with Gasteiger partial charge in [-0.15, -0.1) is 0 Å². The quantitative estimate of drug-likeness (QED) is 0.763. The molecule has 0 aromatic carbocycles. The van der Waals surface area contributed by atoms with Crippen LogP contribution in [0.25, 0.3) is 5.52 Å². The van der Waals surface area contributed by atoms with E-state index < -0.39 is 0 Å². The summed E-state index contributed by atoms with van der Waals surface area (Å²) >= 11 is 5.95. The Morgan fingerprint density at radius 2 is 2.42 bits per heavy atom. The molecule has 0 fully saturated rings. The number of nitrogens with zero attached hydrogens (tertiary/aromatic N) is 3. The normalized spacial score (nSPS) is 10.8. The Morgan fingerprint density at radius 1 is 1.53 bits per heavy atom. The summed E-state index contributed by atoms with van der Waals surface area (Å²) in [4.78, 5) is 16.0. The van der Waals surface area contributed by atoms with Crippen molar-refractivity contribution in [3.63, 3.8) is 0 Å². The molecule has 0 spiro atoms. The number of carbonyl (C=O) groups excluding carboxylic acids is 1. The number of hydrogen-bond donors (Lipinski definition) is 2. The summed E-state index contributed by atoms with van der Waals surface area (Å²) in [5.74, 6) is -0.197. The van der Waals surface area contributed by atoms with Gasteiger partial charge in [-0.05, 0) is 12.1 Å². The summed E-state index contributed by atoms with van der Waals surface area (Å²) in [6.07, 6.45) is 6.52. The first-order chi connectivity index (χ1) is 9.24. The lowest BCUT2D eigenvalue weighted by molar-refractivity contribution is 0.0950. The van der Waals surface area contributed by atoms with Gasteiger partial charge >= 0.3 is 0 Å². The lowest BCUT2D eigenvalue weighted by atomic mass is 10.3. The van der Waals surface area contributed by atoms with E-state index in [1.54, 1.807) is 12.4 Å². The smallest absolute Gasteiger partial charge is 0.254 e. The fourth-order valence-corrected chi connectivity index (χ4v) is 1.95. The minimum Gasteiger partial charge on any atom is -0.346 e. The highest BCUT2D eigenvalue weighted by Gasteiger charge is 2.09. The lowest BCUT2D eigenvalue weighted by Crippen LogP contribution is -2.22. The third-order valence-corrected chi connectivity index (χ3v) is 2.99. The zero-order chi connectivity index (χ0) is 13.2. The molecule has 0 aliphatic carbocycles. The Labute approximate surface area is 113 Å². The lowest BCUT2D eigenvalue weighted by Gasteiger charge is -2.02. The largest absolute Gasteiger partial charge is 0.346 e. The van der Waals surface area contributed by atoms with Gasteiger partial charge in [-0.1, -0.05) is 11.6 Å². The zero-order valence-electron chi connectivity index (χ0n) is 9.80. The number of aromatic nitrogens is 4. The van der Waals surface area contributed by atoms with Crippen molar-refractivity contribution in [3.8, 4) is 0 Å². The van der Waals surface area contributed by atoms with Crippen molar-refractivity contribution in [1.29, 1.82) is 0 Å². The van der Waals surface area contributed by atoms with Crippen molar-refractivity contribution >= 4 is 23.0 Å². The molecule has 19 heavy (non-hydrogen) atoms. The highest BCUT2D eigenvalue weighted by atomic mass is 35.5.